The van der Waals surface area contributed by atoms with E-state index in [2.05, 4.69) is 27.1 Å². The molecule has 1 aliphatic rings. The number of hydrogen-bond acceptors (Lipinski definition) is 6. The summed E-state index contributed by atoms with van der Waals surface area (Å²) in [5.41, 5.74) is 3.96. The highest BCUT2D eigenvalue weighted by Gasteiger charge is 2.19. The van der Waals surface area contributed by atoms with Crippen LogP contribution in [0.4, 0.5) is 5.13 Å². The van der Waals surface area contributed by atoms with Gasteiger partial charge in [-0.2, -0.15) is 0 Å². The van der Waals surface area contributed by atoms with E-state index in [1.54, 1.807) is 12.4 Å². The van der Waals surface area contributed by atoms with Crippen LogP contribution in [0, 0.1) is 5.92 Å². The third kappa shape index (κ3) is 4.54. The smallest absolute Gasteiger partial charge is 0.258 e. The van der Waals surface area contributed by atoms with E-state index in [0.717, 1.165) is 53.4 Å². The number of hydrogen-bond donors (Lipinski definition) is 1. The first-order valence-electron chi connectivity index (χ1n) is 10.9. The molecular formula is C25H25N5OS. The third-order valence-electron chi connectivity index (χ3n) is 5.82. The quantitative estimate of drug-likeness (QED) is 0.457. The second-order valence-corrected chi connectivity index (χ2v) is 9.25. The van der Waals surface area contributed by atoms with Crippen molar-refractivity contribution in [3.63, 3.8) is 0 Å². The van der Waals surface area contributed by atoms with E-state index in [1.807, 2.05) is 47.8 Å². The molecule has 0 bridgehead atoms. The second-order valence-electron chi connectivity index (χ2n) is 8.39. The summed E-state index contributed by atoms with van der Waals surface area (Å²) in [6.07, 6.45) is 6.02. The Balaban J connectivity index is 1.39. The summed E-state index contributed by atoms with van der Waals surface area (Å²) in [6.45, 7) is 5.36. The third-order valence-corrected chi connectivity index (χ3v) is 6.62. The number of anilines is 1. The van der Waals surface area contributed by atoms with Crippen molar-refractivity contribution in [1.82, 2.24) is 19.9 Å². The first-order chi connectivity index (χ1) is 15.7. The van der Waals surface area contributed by atoms with Crippen molar-refractivity contribution >= 4 is 33.3 Å². The molecule has 0 radical (unpaired) electrons. The Labute approximate surface area is 191 Å². The van der Waals surface area contributed by atoms with Gasteiger partial charge < -0.3 is 0 Å². The van der Waals surface area contributed by atoms with Crippen LogP contribution in [0.15, 0.2) is 60.2 Å². The second kappa shape index (κ2) is 9.14. The van der Waals surface area contributed by atoms with Gasteiger partial charge in [0.05, 0.1) is 22.5 Å². The molecule has 1 aromatic carbocycles. The van der Waals surface area contributed by atoms with Crippen molar-refractivity contribution in [3.05, 3.63) is 71.5 Å². The Morgan fingerprint density at radius 2 is 2.12 bits per heavy atom. The minimum Gasteiger partial charge on any atom is -0.298 e. The molecule has 3 aromatic heterocycles. The molecule has 5 rings (SSSR count). The van der Waals surface area contributed by atoms with Crippen molar-refractivity contribution in [2.24, 2.45) is 5.92 Å². The lowest BCUT2D eigenvalue weighted by Gasteiger charge is -2.30. The van der Waals surface area contributed by atoms with E-state index in [0.29, 0.717) is 10.7 Å². The zero-order valence-electron chi connectivity index (χ0n) is 18.0. The molecule has 0 saturated carbocycles. The predicted octanol–water partition coefficient (Wildman–Crippen LogP) is 5.24. The molecule has 1 N–H and O–H groups in total. The number of rotatable bonds is 5. The number of nitrogens with zero attached hydrogens (tertiary/aromatic N) is 4. The van der Waals surface area contributed by atoms with Gasteiger partial charge in [0.1, 0.15) is 0 Å². The van der Waals surface area contributed by atoms with Crippen LogP contribution in [-0.4, -0.2) is 38.8 Å². The summed E-state index contributed by atoms with van der Waals surface area (Å²) < 4.78 is 0. The van der Waals surface area contributed by atoms with Crippen LogP contribution in [-0.2, 0) is 6.54 Å². The van der Waals surface area contributed by atoms with Crippen molar-refractivity contribution in [2.45, 2.75) is 26.3 Å². The normalized spacial score (nSPS) is 16.8. The van der Waals surface area contributed by atoms with Gasteiger partial charge in [-0.3, -0.25) is 20.0 Å². The predicted molar refractivity (Wildman–Crippen MR) is 129 cm³/mol. The van der Waals surface area contributed by atoms with Gasteiger partial charge in [-0.15, -0.1) is 11.3 Å². The summed E-state index contributed by atoms with van der Waals surface area (Å²) in [4.78, 5) is 29.3. The van der Waals surface area contributed by atoms with Gasteiger partial charge in [0.2, 0.25) is 0 Å². The number of carbonyl (C=O) groups is 1. The summed E-state index contributed by atoms with van der Waals surface area (Å²) in [7, 11) is 0. The maximum Gasteiger partial charge on any atom is 0.258 e. The number of pyridine rings is 2. The fraction of sp³-hybridized carbons (Fsp3) is 0.280. The SMILES string of the molecule is CC1CCCN(Cc2csc(NC(=O)c3cc(-c4cccnc4)nc4ccccc34)n2)C1. The van der Waals surface area contributed by atoms with Crippen molar-refractivity contribution in [3.8, 4) is 11.3 Å². The van der Waals surface area contributed by atoms with Crippen LogP contribution in [0.5, 0.6) is 0 Å². The first-order valence-corrected chi connectivity index (χ1v) is 11.8. The number of piperidine rings is 1. The van der Waals surface area contributed by atoms with E-state index < -0.39 is 0 Å². The van der Waals surface area contributed by atoms with Gasteiger partial charge in [-0.05, 0) is 49.6 Å². The Bertz CT molecular complexity index is 1240. The van der Waals surface area contributed by atoms with Gasteiger partial charge in [0.15, 0.2) is 5.13 Å². The molecule has 1 saturated heterocycles. The highest BCUT2D eigenvalue weighted by atomic mass is 32.1. The molecule has 162 valence electrons. The maximum atomic E-state index is 13.3. The monoisotopic (exact) mass is 443 g/mol. The molecular weight excluding hydrogens is 418 g/mol. The fourth-order valence-electron chi connectivity index (χ4n) is 4.29. The Morgan fingerprint density at radius 1 is 1.22 bits per heavy atom. The van der Waals surface area contributed by atoms with Crippen LogP contribution in [0.1, 0.15) is 35.8 Å². The zero-order valence-corrected chi connectivity index (χ0v) is 18.8. The molecule has 7 heteroatoms. The average molecular weight is 444 g/mol. The molecule has 6 nitrogen and oxygen atoms in total. The summed E-state index contributed by atoms with van der Waals surface area (Å²) >= 11 is 1.47. The summed E-state index contributed by atoms with van der Waals surface area (Å²) in [6, 6.07) is 13.3. The van der Waals surface area contributed by atoms with E-state index in [9.17, 15) is 4.79 Å². The van der Waals surface area contributed by atoms with Gasteiger partial charge in [-0.1, -0.05) is 25.1 Å². The molecule has 1 fully saturated rings. The average Bonchev–Trinajstić information content (AvgIpc) is 3.25. The van der Waals surface area contributed by atoms with Gasteiger partial charge >= 0.3 is 0 Å². The number of thiazole rings is 1. The lowest BCUT2D eigenvalue weighted by molar-refractivity contribution is 0.102. The highest BCUT2D eigenvalue weighted by molar-refractivity contribution is 7.14. The lowest BCUT2D eigenvalue weighted by atomic mass is 10.0. The lowest BCUT2D eigenvalue weighted by Crippen LogP contribution is -2.33. The number of likely N-dealkylation sites (tertiary alicyclic amines) is 1. The van der Waals surface area contributed by atoms with Crippen molar-refractivity contribution < 1.29 is 4.79 Å². The summed E-state index contributed by atoms with van der Waals surface area (Å²) in [5, 5.41) is 6.48. The van der Waals surface area contributed by atoms with E-state index in [-0.39, 0.29) is 5.91 Å². The van der Waals surface area contributed by atoms with Crippen LogP contribution >= 0.6 is 11.3 Å². The molecule has 0 spiro atoms. The van der Waals surface area contributed by atoms with Gasteiger partial charge in [0.25, 0.3) is 5.91 Å². The number of benzene rings is 1. The van der Waals surface area contributed by atoms with Crippen LogP contribution in [0.25, 0.3) is 22.2 Å². The molecule has 4 aromatic rings. The number of para-hydroxylation sites is 1. The fourth-order valence-corrected chi connectivity index (χ4v) is 4.98. The highest BCUT2D eigenvalue weighted by Crippen LogP contribution is 2.26. The van der Waals surface area contributed by atoms with E-state index in [4.69, 9.17) is 4.98 Å². The Morgan fingerprint density at radius 3 is 2.97 bits per heavy atom. The van der Waals surface area contributed by atoms with Crippen LogP contribution in [0.3, 0.4) is 0 Å². The largest absolute Gasteiger partial charge is 0.298 e. The van der Waals surface area contributed by atoms with Gasteiger partial charge in [-0.25, -0.2) is 9.97 Å². The molecule has 4 heterocycles. The summed E-state index contributed by atoms with van der Waals surface area (Å²) in [5.74, 6) is 0.553. The molecule has 1 unspecified atom stereocenters. The van der Waals surface area contributed by atoms with Gasteiger partial charge in [0, 0.05) is 41.8 Å². The molecule has 1 atom stereocenters. The standard InChI is InChI=1S/C25H25N5OS/c1-17-6-5-11-30(14-17)15-19-16-32-25(27-19)29-24(31)21-12-23(18-7-4-10-26-13-18)28-22-9-3-2-8-20(21)22/h2-4,7-10,12-13,16-17H,5-6,11,14-15H2,1H3,(H,27,29,31). The van der Waals surface area contributed by atoms with Crippen molar-refractivity contribution in [2.75, 3.05) is 18.4 Å². The Kier molecular flexibility index (Phi) is 5.92. The van der Waals surface area contributed by atoms with Crippen LogP contribution < -0.4 is 5.32 Å². The van der Waals surface area contributed by atoms with E-state index in [1.165, 1.54) is 24.2 Å². The molecule has 1 amide bonds. The topological polar surface area (TPSA) is 71.0 Å². The Hall–Kier alpha value is -3.16. The number of nitrogens with one attached hydrogen (secondary N) is 1. The maximum absolute atomic E-state index is 13.3. The minimum atomic E-state index is -0.179. The van der Waals surface area contributed by atoms with E-state index >= 15 is 0 Å². The molecule has 0 aliphatic carbocycles. The zero-order chi connectivity index (χ0) is 21.9. The van der Waals surface area contributed by atoms with Crippen molar-refractivity contribution in [1.29, 1.82) is 0 Å². The number of carbonyl (C=O) groups excluding carboxylic acids is 1. The number of amides is 1. The van der Waals surface area contributed by atoms with Crippen LogP contribution in [0.2, 0.25) is 0 Å². The minimum absolute atomic E-state index is 0.179. The first kappa shape index (κ1) is 20.7. The number of aromatic nitrogens is 3. The molecule has 32 heavy (non-hydrogen) atoms. The number of fused-ring (bicyclic) bond motifs is 1. The molecule has 1 aliphatic heterocycles.